The van der Waals surface area contributed by atoms with Crippen molar-refractivity contribution in [2.45, 2.75) is 111 Å². The second-order valence-electron chi connectivity index (χ2n) is 13.4. The monoisotopic (exact) mass is 469 g/mol. The van der Waals surface area contributed by atoms with Crippen LogP contribution in [-0.2, 0) is 9.53 Å². The molecule has 0 aromatic carbocycles. The summed E-state index contributed by atoms with van der Waals surface area (Å²) in [6, 6.07) is 0. The highest BCUT2D eigenvalue weighted by Crippen LogP contribution is 2.71. The molecule has 4 heteroatoms. The number of aliphatic hydroxyl groups excluding tert-OH is 1. The third kappa shape index (κ3) is 3.69. The Labute approximate surface area is 207 Å². The summed E-state index contributed by atoms with van der Waals surface area (Å²) in [5, 5.41) is 13.3. The fraction of sp³-hybridized carbons (Fsp3) is 0.833. The smallest absolute Gasteiger partial charge is 0.216 e. The quantitative estimate of drug-likeness (QED) is 0.475. The van der Waals surface area contributed by atoms with Gasteiger partial charge in [0.1, 0.15) is 5.60 Å². The van der Waals surface area contributed by atoms with E-state index < -0.39 is 0 Å². The Kier molecular flexibility index (Phi) is 6.02. The van der Waals surface area contributed by atoms with Crippen LogP contribution in [0.5, 0.6) is 0 Å². The molecule has 3 saturated carbocycles. The summed E-state index contributed by atoms with van der Waals surface area (Å²) in [4.78, 5) is 11.3. The van der Waals surface area contributed by atoms with E-state index >= 15 is 0 Å². The van der Waals surface area contributed by atoms with E-state index in [1.807, 2.05) is 0 Å². The van der Waals surface area contributed by atoms with E-state index in [9.17, 15) is 9.90 Å². The zero-order chi connectivity index (χ0) is 24.5. The summed E-state index contributed by atoms with van der Waals surface area (Å²) < 4.78 is 6.89. The van der Waals surface area contributed by atoms with Gasteiger partial charge in [-0.3, -0.25) is 4.79 Å². The van der Waals surface area contributed by atoms with Crippen LogP contribution in [0.2, 0.25) is 0 Å². The molecule has 1 aliphatic heterocycles. The number of fused-ring (bicyclic) bond motifs is 7. The van der Waals surface area contributed by atoms with Gasteiger partial charge >= 0.3 is 0 Å². The lowest BCUT2D eigenvalue weighted by atomic mass is 9.47. The van der Waals surface area contributed by atoms with Gasteiger partial charge in [0.25, 0.3) is 0 Å². The lowest BCUT2D eigenvalue weighted by Crippen LogP contribution is -2.50. The zero-order valence-electron chi connectivity index (χ0n) is 22.4. The van der Waals surface area contributed by atoms with Gasteiger partial charge in [0, 0.05) is 25.8 Å². The molecular formula is C30H47NO3. The number of aliphatic hydroxyl groups is 1. The highest BCUT2D eigenvalue weighted by Gasteiger charge is 2.67. The summed E-state index contributed by atoms with van der Waals surface area (Å²) >= 11 is 0. The molecule has 0 saturated heterocycles. The number of carbonyl (C=O) groups excluding carboxylic acids is 1. The van der Waals surface area contributed by atoms with E-state index in [0.717, 1.165) is 56.4 Å². The van der Waals surface area contributed by atoms with E-state index in [4.69, 9.17) is 4.74 Å². The van der Waals surface area contributed by atoms with Gasteiger partial charge in [0.2, 0.25) is 5.91 Å². The van der Waals surface area contributed by atoms with Crippen molar-refractivity contribution in [2.24, 2.45) is 40.4 Å². The minimum atomic E-state index is -0.130. The molecule has 1 heterocycles. The number of hydrogen-bond donors (Lipinski definition) is 2. The average molecular weight is 470 g/mol. The predicted octanol–water partition coefficient (Wildman–Crippen LogP) is 6.15. The molecule has 4 aliphatic carbocycles. The predicted molar refractivity (Wildman–Crippen MR) is 136 cm³/mol. The number of nitrogens with one attached hydrogen (secondary N) is 1. The Bertz CT molecular complexity index is 907. The number of rotatable bonds is 5. The third-order valence-electron chi connectivity index (χ3n) is 11.2. The molecule has 2 N–H and O–H groups in total. The lowest BCUT2D eigenvalue weighted by molar-refractivity contribution is -0.119. The van der Waals surface area contributed by atoms with E-state index in [1.165, 1.54) is 37.0 Å². The second kappa shape index (κ2) is 8.39. The van der Waals surface area contributed by atoms with E-state index in [0.29, 0.717) is 22.7 Å². The first kappa shape index (κ1) is 24.4. The number of allylic oxidation sites excluding steroid dienone is 2. The second-order valence-corrected chi connectivity index (χ2v) is 13.4. The molecule has 0 radical (unpaired) electrons. The summed E-state index contributed by atoms with van der Waals surface area (Å²) in [7, 11) is 0. The van der Waals surface area contributed by atoms with Gasteiger partial charge in [-0.25, -0.2) is 0 Å². The minimum Gasteiger partial charge on any atom is -0.491 e. The first-order chi connectivity index (χ1) is 16.0. The average Bonchev–Trinajstić information content (AvgIpc) is 3.17. The SMILES string of the molecule is CC(=O)NC[C@H](C)CCC1=C(C)[C@H]2[C@@]3(C)CC[C@@H]4[C@@H](CC=C5C[C@@H](O)CC[C@@]54C)[C@H]3C[C@]2(C)O1. The van der Waals surface area contributed by atoms with Crippen LogP contribution in [0.1, 0.15) is 99.3 Å². The van der Waals surface area contributed by atoms with Crippen molar-refractivity contribution >= 4 is 5.91 Å². The number of hydrogen-bond acceptors (Lipinski definition) is 3. The molecule has 34 heavy (non-hydrogen) atoms. The molecule has 9 atom stereocenters. The molecular weight excluding hydrogens is 422 g/mol. The minimum absolute atomic E-state index is 0.0546. The zero-order valence-corrected chi connectivity index (χ0v) is 22.4. The van der Waals surface area contributed by atoms with Gasteiger partial charge in [0.15, 0.2) is 0 Å². The van der Waals surface area contributed by atoms with Gasteiger partial charge in [0.05, 0.1) is 11.9 Å². The van der Waals surface area contributed by atoms with E-state index in [2.05, 4.69) is 46.0 Å². The van der Waals surface area contributed by atoms with Crippen LogP contribution in [0.15, 0.2) is 23.0 Å². The fourth-order valence-electron chi connectivity index (χ4n) is 9.61. The Balaban J connectivity index is 1.34. The van der Waals surface area contributed by atoms with Crippen LogP contribution >= 0.6 is 0 Å². The molecule has 0 unspecified atom stereocenters. The van der Waals surface area contributed by atoms with Crippen molar-refractivity contribution in [1.82, 2.24) is 5.32 Å². The maximum atomic E-state index is 11.3. The summed E-state index contributed by atoms with van der Waals surface area (Å²) in [5.74, 6) is 4.51. The van der Waals surface area contributed by atoms with Crippen molar-refractivity contribution in [3.05, 3.63) is 23.0 Å². The van der Waals surface area contributed by atoms with E-state index in [-0.39, 0.29) is 17.6 Å². The Morgan fingerprint density at radius 1 is 1.24 bits per heavy atom. The Morgan fingerprint density at radius 3 is 2.74 bits per heavy atom. The van der Waals surface area contributed by atoms with Gasteiger partial charge in [-0.05, 0) is 105 Å². The Hall–Kier alpha value is -1.29. The number of carbonyl (C=O) groups is 1. The molecule has 190 valence electrons. The largest absolute Gasteiger partial charge is 0.491 e. The van der Waals surface area contributed by atoms with Crippen molar-refractivity contribution < 1.29 is 14.6 Å². The molecule has 0 aromatic rings. The van der Waals surface area contributed by atoms with Crippen LogP contribution in [0.4, 0.5) is 0 Å². The number of ether oxygens (including phenoxy) is 1. The van der Waals surface area contributed by atoms with Crippen molar-refractivity contribution in [1.29, 1.82) is 0 Å². The fourth-order valence-corrected chi connectivity index (χ4v) is 9.61. The normalized spacial score (nSPS) is 46.0. The highest BCUT2D eigenvalue weighted by atomic mass is 16.5. The van der Waals surface area contributed by atoms with Crippen LogP contribution in [0.3, 0.4) is 0 Å². The molecule has 4 nitrogen and oxygen atoms in total. The summed E-state index contributed by atoms with van der Waals surface area (Å²) in [6.07, 6.45) is 12.5. The van der Waals surface area contributed by atoms with Crippen LogP contribution < -0.4 is 5.32 Å². The number of amides is 1. The first-order valence-electron chi connectivity index (χ1n) is 14.0. The van der Waals surface area contributed by atoms with Gasteiger partial charge < -0.3 is 15.2 Å². The van der Waals surface area contributed by atoms with Crippen LogP contribution in [0, 0.1) is 40.4 Å². The van der Waals surface area contributed by atoms with Gasteiger partial charge in [-0.1, -0.05) is 32.4 Å². The lowest BCUT2D eigenvalue weighted by Gasteiger charge is -2.57. The molecule has 1 amide bonds. The van der Waals surface area contributed by atoms with E-state index in [1.54, 1.807) is 12.5 Å². The standard InChI is InChI=1S/C30H47NO3/c1-18(17-31-20(3)32)7-10-26-19(2)27-29(5)14-12-24-23(25(29)16-30(27,6)34-26)9-8-21-15-22(33)11-13-28(21,24)4/h8,18,22-25,27,33H,7,9-17H2,1-6H3,(H,31,32)/t18-,22+,23-,24-,25-,27+,28+,29+,30+/m1/s1. The van der Waals surface area contributed by atoms with Crippen molar-refractivity contribution in [2.75, 3.05) is 6.54 Å². The molecule has 0 aromatic heterocycles. The molecule has 3 fully saturated rings. The highest BCUT2D eigenvalue weighted by molar-refractivity contribution is 5.72. The van der Waals surface area contributed by atoms with Crippen molar-refractivity contribution in [3.8, 4) is 0 Å². The molecule has 5 aliphatic rings. The maximum absolute atomic E-state index is 11.3. The third-order valence-corrected chi connectivity index (χ3v) is 11.2. The molecule has 0 spiro atoms. The van der Waals surface area contributed by atoms with Crippen LogP contribution in [-0.4, -0.2) is 29.3 Å². The molecule has 0 bridgehead atoms. The summed E-state index contributed by atoms with van der Waals surface area (Å²) in [6.45, 7) is 14.4. The first-order valence-corrected chi connectivity index (χ1v) is 14.0. The van der Waals surface area contributed by atoms with Crippen LogP contribution in [0.25, 0.3) is 0 Å². The van der Waals surface area contributed by atoms with Gasteiger partial charge in [-0.2, -0.15) is 0 Å². The topological polar surface area (TPSA) is 58.6 Å². The maximum Gasteiger partial charge on any atom is 0.216 e. The molecule has 5 rings (SSSR count). The van der Waals surface area contributed by atoms with Gasteiger partial charge in [-0.15, -0.1) is 0 Å². The summed E-state index contributed by atoms with van der Waals surface area (Å²) in [5.41, 5.74) is 3.62. The van der Waals surface area contributed by atoms with Crippen molar-refractivity contribution in [3.63, 3.8) is 0 Å². The Morgan fingerprint density at radius 2 is 2.00 bits per heavy atom.